The number of benzene rings is 2. The third kappa shape index (κ3) is 2.71. The Hall–Kier alpha value is -2.57. The zero-order valence-electron chi connectivity index (χ0n) is 9.88. The molecule has 104 valence electrons. The van der Waals surface area contributed by atoms with Gasteiger partial charge in [-0.05, 0) is 18.2 Å². The van der Waals surface area contributed by atoms with E-state index in [1.165, 1.54) is 12.1 Å². The van der Waals surface area contributed by atoms with Gasteiger partial charge in [-0.15, -0.1) is 0 Å². The fourth-order valence-electron chi connectivity index (χ4n) is 1.56. The number of rotatable bonds is 2. The van der Waals surface area contributed by atoms with E-state index in [-0.39, 0.29) is 11.4 Å². The first-order chi connectivity index (χ1) is 9.38. The molecule has 0 aliphatic carbocycles. The van der Waals surface area contributed by atoms with Crippen LogP contribution in [0, 0.1) is 23.3 Å². The Bertz CT molecular complexity index is 665. The molecule has 0 bridgehead atoms. The molecule has 2 rings (SSSR count). The molecule has 0 fully saturated rings. The van der Waals surface area contributed by atoms with Gasteiger partial charge in [0, 0.05) is 17.8 Å². The molecule has 0 aliphatic heterocycles. The lowest BCUT2D eigenvalue weighted by molar-refractivity contribution is 0.101. The van der Waals surface area contributed by atoms with Gasteiger partial charge in [0.2, 0.25) is 0 Å². The molecule has 0 spiro atoms. The van der Waals surface area contributed by atoms with Gasteiger partial charge in [0.05, 0.1) is 5.69 Å². The summed E-state index contributed by atoms with van der Waals surface area (Å²) >= 11 is 0. The Labute approximate surface area is 111 Å². The fourth-order valence-corrected chi connectivity index (χ4v) is 1.56. The summed E-state index contributed by atoms with van der Waals surface area (Å²) in [6, 6.07) is 4.09. The predicted molar refractivity (Wildman–Crippen MR) is 65.1 cm³/mol. The largest absolute Gasteiger partial charge is 0.396 e. The van der Waals surface area contributed by atoms with Crippen LogP contribution in [0.2, 0.25) is 0 Å². The first kappa shape index (κ1) is 13.9. The first-order valence-corrected chi connectivity index (χ1v) is 5.39. The van der Waals surface area contributed by atoms with Crippen molar-refractivity contribution in [2.45, 2.75) is 0 Å². The van der Waals surface area contributed by atoms with E-state index in [4.69, 9.17) is 5.73 Å². The number of hydrogen-bond acceptors (Lipinski definition) is 2. The summed E-state index contributed by atoms with van der Waals surface area (Å²) in [7, 11) is 0. The standard InChI is InChI=1S/C13H8F4N2O/c14-6-3-9(16)12(10(17)4-6)13(20)19-7-1-2-11(18)8(15)5-7/h1-5H,18H2,(H,19,20). The normalized spacial score (nSPS) is 10.4. The van der Waals surface area contributed by atoms with Crippen LogP contribution in [0.5, 0.6) is 0 Å². The van der Waals surface area contributed by atoms with Gasteiger partial charge < -0.3 is 11.1 Å². The second-order valence-corrected chi connectivity index (χ2v) is 3.93. The summed E-state index contributed by atoms with van der Waals surface area (Å²) < 4.78 is 52.6. The number of anilines is 2. The van der Waals surface area contributed by atoms with Crippen molar-refractivity contribution < 1.29 is 22.4 Å². The lowest BCUT2D eigenvalue weighted by Gasteiger charge is -2.08. The lowest BCUT2D eigenvalue weighted by Crippen LogP contribution is -2.16. The van der Waals surface area contributed by atoms with Gasteiger partial charge in [-0.3, -0.25) is 4.79 Å². The third-order valence-electron chi connectivity index (χ3n) is 2.49. The van der Waals surface area contributed by atoms with Gasteiger partial charge in [-0.2, -0.15) is 0 Å². The summed E-state index contributed by atoms with van der Waals surface area (Å²) in [4.78, 5) is 11.7. The summed E-state index contributed by atoms with van der Waals surface area (Å²) in [5.74, 6) is -5.80. The van der Waals surface area contributed by atoms with Gasteiger partial charge in [0.15, 0.2) is 0 Å². The van der Waals surface area contributed by atoms with Gasteiger partial charge >= 0.3 is 0 Å². The maximum Gasteiger partial charge on any atom is 0.261 e. The van der Waals surface area contributed by atoms with Crippen LogP contribution in [0.25, 0.3) is 0 Å². The van der Waals surface area contributed by atoms with E-state index in [0.29, 0.717) is 12.1 Å². The molecule has 7 heteroatoms. The van der Waals surface area contributed by atoms with Crippen molar-refractivity contribution in [1.29, 1.82) is 0 Å². The molecule has 0 saturated carbocycles. The van der Waals surface area contributed by atoms with Gasteiger partial charge in [0.25, 0.3) is 5.91 Å². The number of carbonyl (C=O) groups excluding carboxylic acids is 1. The Morgan fingerprint density at radius 3 is 2.10 bits per heavy atom. The van der Waals surface area contributed by atoms with Crippen LogP contribution in [0.4, 0.5) is 28.9 Å². The van der Waals surface area contributed by atoms with Crippen LogP contribution in [0.1, 0.15) is 10.4 Å². The summed E-state index contributed by atoms with van der Waals surface area (Å²) in [5.41, 5.74) is 4.12. The predicted octanol–water partition coefficient (Wildman–Crippen LogP) is 3.08. The number of hydrogen-bond donors (Lipinski definition) is 2. The van der Waals surface area contributed by atoms with E-state index < -0.39 is 34.7 Å². The van der Waals surface area contributed by atoms with E-state index in [1.54, 1.807) is 0 Å². The number of nitrogens with two attached hydrogens (primary N) is 1. The Morgan fingerprint density at radius 1 is 0.950 bits per heavy atom. The van der Waals surface area contributed by atoms with Crippen molar-refractivity contribution in [1.82, 2.24) is 0 Å². The number of nitrogens with one attached hydrogen (secondary N) is 1. The van der Waals surface area contributed by atoms with Crippen molar-refractivity contribution in [3.8, 4) is 0 Å². The molecule has 3 N–H and O–H groups in total. The maximum atomic E-state index is 13.4. The lowest BCUT2D eigenvalue weighted by atomic mass is 10.1. The average Bonchev–Trinajstić information content (AvgIpc) is 2.32. The molecule has 1 amide bonds. The summed E-state index contributed by atoms with van der Waals surface area (Å²) in [6.45, 7) is 0. The van der Waals surface area contributed by atoms with Crippen molar-refractivity contribution in [2.75, 3.05) is 11.1 Å². The van der Waals surface area contributed by atoms with Crippen molar-refractivity contribution >= 4 is 17.3 Å². The molecule has 2 aromatic rings. The van der Waals surface area contributed by atoms with Crippen LogP contribution < -0.4 is 11.1 Å². The maximum absolute atomic E-state index is 13.4. The highest BCUT2D eigenvalue weighted by atomic mass is 19.1. The summed E-state index contributed by atoms with van der Waals surface area (Å²) in [5, 5.41) is 2.09. The molecule has 0 atom stereocenters. The average molecular weight is 284 g/mol. The van der Waals surface area contributed by atoms with Crippen molar-refractivity contribution in [3.63, 3.8) is 0 Å². The number of halogens is 4. The number of nitrogen functional groups attached to an aromatic ring is 1. The van der Waals surface area contributed by atoms with Crippen LogP contribution in [0.15, 0.2) is 30.3 Å². The van der Waals surface area contributed by atoms with E-state index in [0.717, 1.165) is 6.07 Å². The zero-order chi connectivity index (χ0) is 14.9. The number of carbonyl (C=O) groups is 1. The molecule has 20 heavy (non-hydrogen) atoms. The van der Waals surface area contributed by atoms with Crippen LogP contribution in [0.3, 0.4) is 0 Å². The van der Waals surface area contributed by atoms with E-state index >= 15 is 0 Å². The Morgan fingerprint density at radius 2 is 1.55 bits per heavy atom. The topological polar surface area (TPSA) is 55.1 Å². The molecule has 0 saturated heterocycles. The van der Waals surface area contributed by atoms with E-state index in [9.17, 15) is 22.4 Å². The van der Waals surface area contributed by atoms with Gasteiger partial charge in [0.1, 0.15) is 28.8 Å². The molecular weight excluding hydrogens is 276 g/mol. The van der Waals surface area contributed by atoms with E-state index in [1.807, 2.05) is 0 Å². The van der Waals surface area contributed by atoms with Crippen molar-refractivity contribution in [3.05, 3.63) is 59.2 Å². The molecular formula is C13H8F4N2O. The Balaban J connectivity index is 2.31. The third-order valence-corrected chi connectivity index (χ3v) is 2.49. The second kappa shape index (κ2) is 5.20. The smallest absolute Gasteiger partial charge is 0.261 e. The highest BCUT2D eigenvalue weighted by Crippen LogP contribution is 2.19. The molecule has 3 nitrogen and oxygen atoms in total. The summed E-state index contributed by atoms with van der Waals surface area (Å²) in [6.07, 6.45) is 0. The van der Waals surface area contributed by atoms with Crippen LogP contribution >= 0.6 is 0 Å². The van der Waals surface area contributed by atoms with Gasteiger partial charge in [-0.1, -0.05) is 0 Å². The van der Waals surface area contributed by atoms with Crippen molar-refractivity contribution in [2.24, 2.45) is 0 Å². The van der Waals surface area contributed by atoms with Crippen LogP contribution in [-0.2, 0) is 0 Å². The first-order valence-electron chi connectivity index (χ1n) is 5.39. The highest BCUT2D eigenvalue weighted by Gasteiger charge is 2.19. The monoisotopic (exact) mass is 284 g/mol. The quantitative estimate of drug-likeness (QED) is 0.657. The minimum Gasteiger partial charge on any atom is -0.396 e. The number of amides is 1. The zero-order valence-corrected chi connectivity index (χ0v) is 9.88. The second-order valence-electron chi connectivity index (χ2n) is 3.93. The molecule has 0 unspecified atom stereocenters. The van der Waals surface area contributed by atoms with E-state index in [2.05, 4.69) is 5.32 Å². The highest BCUT2D eigenvalue weighted by molar-refractivity contribution is 6.04. The molecule has 2 aromatic carbocycles. The minimum absolute atomic E-state index is 0.0372. The SMILES string of the molecule is Nc1ccc(NC(=O)c2c(F)cc(F)cc2F)cc1F. The molecule has 0 radical (unpaired) electrons. The minimum atomic E-state index is -1.35. The molecule has 0 heterocycles. The molecule has 0 aliphatic rings. The molecule has 0 aromatic heterocycles. The Kier molecular flexibility index (Phi) is 3.60. The van der Waals surface area contributed by atoms with Gasteiger partial charge in [-0.25, -0.2) is 17.6 Å². The van der Waals surface area contributed by atoms with Crippen LogP contribution in [-0.4, -0.2) is 5.91 Å². The fraction of sp³-hybridized carbons (Fsp3) is 0.